The summed E-state index contributed by atoms with van der Waals surface area (Å²) in [7, 11) is 0. The Morgan fingerprint density at radius 3 is 2.78 bits per heavy atom. The van der Waals surface area contributed by atoms with Gasteiger partial charge < -0.3 is 4.74 Å². The summed E-state index contributed by atoms with van der Waals surface area (Å²) >= 11 is 0. The van der Waals surface area contributed by atoms with E-state index in [1.807, 2.05) is 0 Å². The monoisotopic (exact) mass is 126 g/mol. The highest BCUT2D eigenvalue weighted by atomic mass is 16.5. The van der Waals surface area contributed by atoms with Crippen LogP contribution in [0.4, 0.5) is 0 Å². The van der Waals surface area contributed by atoms with Crippen molar-refractivity contribution < 1.29 is 4.74 Å². The van der Waals surface area contributed by atoms with Crippen LogP contribution in [0.3, 0.4) is 0 Å². The van der Waals surface area contributed by atoms with Crippen LogP contribution in [-0.2, 0) is 4.74 Å². The maximum atomic E-state index is 5.29. The highest BCUT2D eigenvalue weighted by Gasteiger charge is 2.32. The average molecular weight is 126 g/mol. The zero-order valence-corrected chi connectivity index (χ0v) is 5.55. The predicted molar refractivity (Wildman–Crippen MR) is 34.3 cm³/mol. The fourth-order valence-electron chi connectivity index (χ4n) is 1.31. The Kier molecular flexibility index (Phi) is 1.44. The first-order valence-electron chi connectivity index (χ1n) is 3.71. The number of rotatable bonds is 1. The van der Waals surface area contributed by atoms with E-state index in [-0.39, 0.29) is 0 Å². The topological polar surface area (TPSA) is 23.3 Å². The molecule has 1 aliphatic heterocycles. The lowest BCUT2D eigenvalue weighted by molar-refractivity contribution is 0.0677. The molecule has 51 valence electrons. The predicted octanol–water partition coefficient (Wildman–Crippen LogP) is 0.400. The van der Waals surface area contributed by atoms with Crippen molar-refractivity contribution in [3.8, 4) is 0 Å². The van der Waals surface area contributed by atoms with Crippen molar-refractivity contribution in [3.63, 3.8) is 0 Å². The molecular formula is C7H12NO. The minimum Gasteiger partial charge on any atom is -0.378 e. The highest BCUT2D eigenvalue weighted by Crippen LogP contribution is 2.33. The third kappa shape index (κ3) is 1.25. The van der Waals surface area contributed by atoms with Crippen molar-refractivity contribution in [1.82, 2.24) is 5.32 Å². The fourth-order valence-corrected chi connectivity index (χ4v) is 1.31. The van der Waals surface area contributed by atoms with Crippen LogP contribution in [0.2, 0.25) is 0 Å². The zero-order valence-electron chi connectivity index (χ0n) is 5.55. The van der Waals surface area contributed by atoms with Gasteiger partial charge in [0.2, 0.25) is 0 Å². The Balaban J connectivity index is 1.80. The number of morpholine rings is 1. The smallest absolute Gasteiger partial charge is 0.0639 e. The van der Waals surface area contributed by atoms with Gasteiger partial charge >= 0.3 is 0 Å². The van der Waals surface area contributed by atoms with Crippen molar-refractivity contribution >= 4 is 0 Å². The van der Waals surface area contributed by atoms with Crippen molar-refractivity contribution in [2.24, 2.45) is 5.92 Å². The van der Waals surface area contributed by atoms with Crippen molar-refractivity contribution in [2.45, 2.75) is 18.9 Å². The molecule has 2 heteroatoms. The second-order valence-corrected chi connectivity index (χ2v) is 2.89. The summed E-state index contributed by atoms with van der Waals surface area (Å²) in [5, 5.41) is 4.47. The maximum Gasteiger partial charge on any atom is 0.0639 e. The Hall–Kier alpha value is -0.0800. The summed E-state index contributed by atoms with van der Waals surface area (Å²) in [6, 6.07) is 0.568. The van der Waals surface area contributed by atoms with Gasteiger partial charge in [-0.1, -0.05) is 0 Å². The number of hydrogen-bond donors (Lipinski definition) is 0. The zero-order chi connectivity index (χ0) is 6.10. The molecule has 2 rings (SSSR count). The van der Waals surface area contributed by atoms with Gasteiger partial charge in [-0.25, -0.2) is 5.32 Å². The molecule has 0 amide bonds. The van der Waals surface area contributed by atoms with E-state index in [4.69, 9.17) is 4.74 Å². The third-order valence-corrected chi connectivity index (χ3v) is 2.05. The fraction of sp³-hybridized carbons (Fsp3) is 1.00. The molecule has 0 bridgehead atoms. The SMILES string of the molecule is C1COCC(C2CC2)[N]1. The van der Waals surface area contributed by atoms with E-state index in [2.05, 4.69) is 5.32 Å². The van der Waals surface area contributed by atoms with Crippen LogP contribution < -0.4 is 5.32 Å². The summed E-state index contributed by atoms with van der Waals surface area (Å²) in [5.41, 5.74) is 0. The van der Waals surface area contributed by atoms with Gasteiger partial charge in [-0.3, -0.25) is 0 Å². The van der Waals surface area contributed by atoms with Crippen LogP contribution >= 0.6 is 0 Å². The van der Waals surface area contributed by atoms with E-state index in [0.29, 0.717) is 6.04 Å². The molecule has 1 radical (unpaired) electrons. The first-order valence-corrected chi connectivity index (χ1v) is 3.71. The van der Waals surface area contributed by atoms with Crippen molar-refractivity contribution in [1.29, 1.82) is 0 Å². The second kappa shape index (κ2) is 2.27. The molecule has 2 nitrogen and oxygen atoms in total. The third-order valence-electron chi connectivity index (χ3n) is 2.05. The van der Waals surface area contributed by atoms with Gasteiger partial charge in [-0.05, 0) is 18.8 Å². The minimum absolute atomic E-state index is 0.568. The average Bonchev–Trinajstić information content (AvgIpc) is 2.71. The summed E-state index contributed by atoms with van der Waals surface area (Å²) in [4.78, 5) is 0. The van der Waals surface area contributed by atoms with Crippen LogP contribution in [-0.4, -0.2) is 25.8 Å². The maximum absolute atomic E-state index is 5.29. The molecule has 1 unspecified atom stereocenters. The Morgan fingerprint density at radius 1 is 1.33 bits per heavy atom. The summed E-state index contributed by atoms with van der Waals surface area (Å²) in [6.45, 7) is 2.68. The van der Waals surface area contributed by atoms with Crippen LogP contribution in [0.25, 0.3) is 0 Å². The largest absolute Gasteiger partial charge is 0.378 e. The number of nitrogens with zero attached hydrogens (tertiary/aromatic N) is 1. The molecule has 1 heterocycles. The van der Waals surface area contributed by atoms with E-state index in [9.17, 15) is 0 Å². The molecule has 0 spiro atoms. The number of hydrogen-bond acceptors (Lipinski definition) is 1. The first kappa shape index (κ1) is 5.69. The van der Waals surface area contributed by atoms with Crippen molar-refractivity contribution in [3.05, 3.63) is 0 Å². The first-order chi connectivity index (χ1) is 4.47. The van der Waals surface area contributed by atoms with Gasteiger partial charge in [0, 0.05) is 6.54 Å². The van der Waals surface area contributed by atoms with Gasteiger partial charge in [-0.2, -0.15) is 0 Å². The minimum atomic E-state index is 0.568. The molecule has 1 saturated carbocycles. The Bertz CT molecular complexity index is 95.1. The standard InChI is InChI=1S/C7H12NO/c1-2-6(1)7-5-9-4-3-8-7/h6-7H,1-5H2. The summed E-state index contributed by atoms with van der Waals surface area (Å²) < 4.78 is 5.29. The summed E-state index contributed by atoms with van der Waals surface area (Å²) in [5.74, 6) is 0.894. The van der Waals surface area contributed by atoms with Crippen LogP contribution in [0.15, 0.2) is 0 Å². The molecule has 2 fully saturated rings. The molecule has 9 heavy (non-hydrogen) atoms. The summed E-state index contributed by atoms with van der Waals surface area (Å²) in [6.07, 6.45) is 2.77. The lowest BCUT2D eigenvalue weighted by Gasteiger charge is -2.21. The van der Waals surface area contributed by atoms with E-state index in [1.165, 1.54) is 12.8 Å². The quantitative estimate of drug-likeness (QED) is 0.499. The molecule has 0 aromatic rings. The van der Waals surface area contributed by atoms with E-state index in [1.54, 1.807) is 0 Å². The normalized spacial score (nSPS) is 36.7. The second-order valence-electron chi connectivity index (χ2n) is 2.89. The molecule has 1 aliphatic carbocycles. The van der Waals surface area contributed by atoms with Crippen LogP contribution in [0.1, 0.15) is 12.8 Å². The molecule has 1 atom stereocenters. The molecular weight excluding hydrogens is 114 g/mol. The van der Waals surface area contributed by atoms with Gasteiger partial charge in [0.15, 0.2) is 0 Å². The van der Waals surface area contributed by atoms with Crippen LogP contribution in [0.5, 0.6) is 0 Å². The lowest BCUT2D eigenvalue weighted by Crippen LogP contribution is -2.37. The van der Waals surface area contributed by atoms with Gasteiger partial charge in [0.05, 0.1) is 19.3 Å². The lowest BCUT2D eigenvalue weighted by atomic mass is 10.2. The molecule has 0 N–H and O–H groups in total. The van der Waals surface area contributed by atoms with Crippen LogP contribution in [0, 0.1) is 5.92 Å². The van der Waals surface area contributed by atoms with Gasteiger partial charge in [0.1, 0.15) is 0 Å². The Labute approximate surface area is 55.6 Å². The molecule has 0 aromatic carbocycles. The van der Waals surface area contributed by atoms with E-state index in [0.717, 1.165) is 25.7 Å². The van der Waals surface area contributed by atoms with E-state index >= 15 is 0 Å². The number of ether oxygens (including phenoxy) is 1. The molecule has 1 saturated heterocycles. The molecule has 2 aliphatic rings. The van der Waals surface area contributed by atoms with Gasteiger partial charge in [0.25, 0.3) is 0 Å². The van der Waals surface area contributed by atoms with Gasteiger partial charge in [-0.15, -0.1) is 0 Å². The van der Waals surface area contributed by atoms with Crippen molar-refractivity contribution in [2.75, 3.05) is 19.8 Å². The molecule has 0 aromatic heterocycles. The highest BCUT2D eigenvalue weighted by molar-refractivity contribution is 4.87. The Morgan fingerprint density at radius 2 is 2.22 bits per heavy atom. The van der Waals surface area contributed by atoms with E-state index < -0.39 is 0 Å².